The molecule has 0 saturated heterocycles. The maximum absolute atomic E-state index is 11.7. The van der Waals surface area contributed by atoms with Gasteiger partial charge in [-0.15, -0.1) is 5.06 Å². The van der Waals surface area contributed by atoms with Crippen LogP contribution in [0.2, 0.25) is 0 Å². The summed E-state index contributed by atoms with van der Waals surface area (Å²) in [5, 5.41) is 1.92. The van der Waals surface area contributed by atoms with E-state index in [0.29, 0.717) is 6.42 Å². The van der Waals surface area contributed by atoms with Crippen LogP contribution in [0.15, 0.2) is 0 Å². The van der Waals surface area contributed by atoms with Crippen molar-refractivity contribution < 1.29 is 9.63 Å². The molecule has 0 rings (SSSR count). The lowest BCUT2D eigenvalue weighted by Gasteiger charge is -2.21. The maximum Gasteiger partial charge on any atom is 0.325 e. The Kier molecular flexibility index (Phi) is 14.6. The number of carbonyl (C=O) groups excluding carboxylic acids is 1. The van der Waals surface area contributed by atoms with Crippen molar-refractivity contribution >= 4 is 5.97 Å². The van der Waals surface area contributed by atoms with E-state index in [-0.39, 0.29) is 5.97 Å². The molecule has 0 heterocycles. The van der Waals surface area contributed by atoms with E-state index in [4.69, 9.17) is 4.84 Å². The van der Waals surface area contributed by atoms with Crippen molar-refractivity contribution in [1.29, 1.82) is 0 Å². The van der Waals surface area contributed by atoms with Gasteiger partial charge in [0, 0.05) is 19.5 Å². The summed E-state index contributed by atoms with van der Waals surface area (Å²) in [7, 11) is 0. The van der Waals surface area contributed by atoms with Crippen LogP contribution in [-0.2, 0) is 9.63 Å². The van der Waals surface area contributed by atoms with Crippen molar-refractivity contribution in [3.63, 3.8) is 0 Å². The number of hydroxylamine groups is 2. The fourth-order valence-corrected chi connectivity index (χ4v) is 2.63. The van der Waals surface area contributed by atoms with Gasteiger partial charge in [0.2, 0.25) is 0 Å². The van der Waals surface area contributed by atoms with E-state index in [1.54, 1.807) is 0 Å². The van der Waals surface area contributed by atoms with Gasteiger partial charge in [-0.2, -0.15) is 0 Å². The average Bonchev–Trinajstić information content (AvgIpc) is 2.45. The summed E-state index contributed by atoms with van der Waals surface area (Å²) in [6.07, 6.45) is 11.2. The molecule has 0 aromatic heterocycles. The molecule has 0 aromatic rings. The molecular formula is C20H41NO2. The monoisotopic (exact) mass is 327 g/mol. The predicted octanol–water partition coefficient (Wildman–Crippen LogP) is 5.98. The fourth-order valence-electron chi connectivity index (χ4n) is 2.63. The zero-order chi connectivity index (χ0) is 17.5. The Labute approximate surface area is 145 Å². The first kappa shape index (κ1) is 22.4. The minimum absolute atomic E-state index is 0.0724. The molecule has 0 aliphatic heterocycles. The smallest absolute Gasteiger partial charge is 0.325 e. The molecule has 23 heavy (non-hydrogen) atoms. The lowest BCUT2D eigenvalue weighted by atomic mass is 10.0. The van der Waals surface area contributed by atoms with Crippen molar-refractivity contribution in [3.05, 3.63) is 0 Å². The zero-order valence-electron chi connectivity index (χ0n) is 16.4. The molecule has 0 aliphatic rings. The molecule has 0 aliphatic carbocycles. The highest BCUT2D eigenvalue weighted by Crippen LogP contribution is 2.11. The van der Waals surface area contributed by atoms with Crippen LogP contribution in [0.1, 0.15) is 98.8 Å². The summed E-state index contributed by atoms with van der Waals surface area (Å²) in [5.74, 6) is 1.50. The SMILES string of the molecule is CCCC(=O)ON(CCCCCC(C)C)CCCCCC(C)C. The van der Waals surface area contributed by atoms with E-state index in [1.807, 2.05) is 12.0 Å². The van der Waals surface area contributed by atoms with Crippen molar-refractivity contribution in [3.8, 4) is 0 Å². The lowest BCUT2D eigenvalue weighted by molar-refractivity contribution is -0.191. The number of carbonyl (C=O) groups is 1. The van der Waals surface area contributed by atoms with Gasteiger partial charge in [0.25, 0.3) is 0 Å². The fraction of sp³-hybridized carbons (Fsp3) is 0.950. The van der Waals surface area contributed by atoms with Crippen LogP contribution in [0.25, 0.3) is 0 Å². The summed E-state index contributed by atoms with van der Waals surface area (Å²) in [5.41, 5.74) is 0. The van der Waals surface area contributed by atoms with Crippen LogP contribution in [0.5, 0.6) is 0 Å². The Morgan fingerprint density at radius 2 is 1.30 bits per heavy atom. The molecule has 0 saturated carbocycles. The third-order valence-corrected chi connectivity index (χ3v) is 4.06. The van der Waals surface area contributed by atoms with Crippen molar-refractivity contribution in [2.24, 2.45) is 11.8 Å². The van der Waals surface area contributed by atoms with Crippen molar-refractivity contribution in [2.45, 2.75) is 98.8 Å². The average molecular weight is 328 g/mol. The molecule has 3 nitrogen and oxygen atoms in total. The molecule has 0 aromatic carbocycles. The summed E-state index contributed by atoms with van der Waals surface area (Å²) in [6.45, 7) is 12.9. The maximum atomic E-state index is 11.7. The topological polar surface area (TPSA) is 29.5 Å². The Bertz CT molecular complexity index is 259. The van der Waals surface area contributed by atoms with Gasteiger partial charge in [0.05, 0.1) is 0 Å². The normalized spacial score (nSPS) is 11.7. The minimum Gasteiger partial charge on any atom is -0.368 e. The van der Waals surface area contributed by atoms with Crippen LogP contribution in [-0.4, -0.2) is 24.1 Å². The van der Waals surface area contributed by atoms with E-state index in [9.17, 15) is 4.79 Å². The van der Waals surface area contributed by atoms with Gasteiger partial charge in [-0.05, 0) is 31.1 Å². The van der Waals surface area contributed by atoms with Gasteiger partial charge in [-0.1, -0.05) is 73.1 Å². The third kappa shape index (κ3) is 16.1. The second-order valence-corrected chi connectivity index (χ2v) is 7.63. The number of nitrogens with zero attached hydrogens (tertiary/aromatic N) is 1. The molecule has 0 spiro atoms. The summed E-state index contributed by atoms with van der Waals surface area (Å²) >= 11 is 0. The Hall–Kier alpha value is -0.570. The minimum atomic E-state index is -0.0724. The second-order valence-electron chi connectivity index (χ2n) is 7.63. The van der Waals surface area contributed by atoms with Gasteiger partial charge >= 0.3 is 5.97 Å². The molecule has 138 valence electrons. The van der Waals surface area contributed by atoms with E-state index >= 15 is 0 Å². The highest BCUT2D eigenvalue weighted by atomic mass is 16.7. The van der Waals surface area contributed by atoms with Crippen molar-refractivity contribution in [1.82, 2.24) is 5.06 Å². The van der Waals surface area contributed by atoms with E-state index in [2.05, 4.69) is 27.7 Å². The quantitative estimate of drug-likeness (QED) is 0.274. The zero-order valence-corrected chi connectivity index (χ0v) is 16.4. The summed E-state index contributed by atoms with van der Waals surface area (Å²) < 4.78 is 0. The van der Waals surface area contributed by atoms with Crippen LogP contribution in [0.3, 0.4) is 0 Å². The number of unbranched alkanes of at least 4 members (excludes halogenated alkanes) is 4. The first-order valence-electron chi connectivity index (χ1n) is 9.91. The third-order valence-electron chi connectivity index (χ3n) is 4.06. The van der Waals surface area contributed by atoms with E-state index < -0.39 is 0 Å². The second kappa shape index (κ2) is 15.0. The highest BCUT2D eigenvalue weighted by molar-refractivity contribution is 5.68. The van der Waals surface area contributed by atoms with Gasteiger partial charge in [0.15, 0.2) is 0 Å². The van der Waals surface area contributed by atoms with Gasteiger partial charge in [0.1, 0.15) is 0 Å². The summed E-state index contributed by atoms with van der Waals surface area (Å²) in [4.78, 5) is 17.3. The Balaban J connectivity index is 3.95. The molecule has 0 N–H and O–H groups in total. The van der Waals surface area contributed by atoms with E-state index in [0.717, 1.165) is 44.2 Å². The lowest BCUT2D eigenvalue weighted by Crippen LogP contribution is -2.29. The molecule has 0 bridgehead atoms. The largest absolute Gasteiger partial charge is 0.368 e. The first-order valence-corrected chi connectivity index (χ1v) is 9.91. The molecule has 0 amide bonds. The number of hydrogen-bond acceptors (Lipinski definition) is 3. The Morgan fingerprint density at radius 3 is 1.70 bits per heavy atom. The molecule has 0 atom stereocenters. The molecule has 0 fully saturated rings. The molecule has 0 unspecified atom stereocenters. The standard InChI is InChI=1S/C20H41NO2/c1-6-13-20(22)23-21(16-11-7-9-14-18(2)3)17-12-8-10-15-19(4)5/h18-19H,6-17H2,1-5H3. The van der Waals surface area contributed by atoms with E-state index in [1.165, 1.54) is 38.5 Å². The van der Waals surface area contributed by atoms with Crippen LogP contribution in [0.4, 0.5) is 0 Å². The van der Waals surface area contributed by atoms with Gasteiger partial charge in [-0.25, -0.2) is 0 Å². The highest BCUT2D eigenvalue weighted by Gasteiger charge is 2.11. The number of rotatable bonds is 15. The first-order chi connectivity index (χ1) is 11.0. The molecule has 0 radical (unpaired) electrons. The molecular weight excluding hydrogens is 286 g/mol. The van der Waals surface area contributed by atoms with Crippen LogP contribution in [0, 0.1) is 11.8 Å². The summed E-state index contributed by atoms with van der Waals surface area (Å²) in [6, 6.07) is 0. The Morgan fingerprint density at radius 1 is 0.826 bits per heavy atom. The number of hydrogen-bond donors (Lipinski definition) is 0. The van der Waals surface area contributed by atoms with Crippen LogP contribution >= 0.6 is 0 Å². The van der Waals surface area contributed by atoms with Gasteiger partial charge < -0.3 is 4.84 Å². The van der Waals surface area contributed by atoms with Crippen molar-refractivity contribution in [2.75, 3.05) is 13.1 Å². The van der Waals surface area contributed by atoms with Crippen LogP contribution < -0.4 is 0 Å². The van der Waals surface area contributed by atoms with Gasteiger partial charge in [-0.3, -0.25) is 4.79 Å². The molecule has 3 heteroatoms. The predicted molar refractivity (Wildman–Crippen MR) is 99.2 cm³/mol.